The predicted octanol–water partition coefficient (Wildman–Crippen LogP) is 1.29. The number of carboxylic acid groups (broad SMARTS) is 1. The summed E-state index contributed by atoms with van der Waals surface area (Å²) in [6.45, 7) is 7.09. The van der Waals surface area contributed by atoms with Crippen molar-refractivity contribution in [2.24, 2.45) is 5.73 Å². The molecule has 0 heterocycles. The number of aliphatic carboxylic acids is 1. The SMILES string of the molecule is CCCCCCCNC(CC(=O)NCCCOCCOCCOCCCN)C(=O)O. The van der Waals surface area contributed by atoms with Crippen LogP contribution in [-0.4, -0.2) is 82.3 Å². The first-order valence-electron chi connectivity index (χ1n) is 11.3. The number of carbonyl (C=O) groups excluding carboxylic acids is 1. The van der Waals surface area contributed by atoms with Crippen molar-refractivity contribution in [2.75, 3.05) is 59.3 Å². The molecule has 1 amide bonds. The molecule has 9 heteroatoms. The predicted molar refractivity (Wildman–Crippen MR) is 117 cm³/mol. The zero-order valence-corrected chi connectivity index (χ0v) is 18.7. The Morgan fingerprint density at radius 2 is 1.43 bits per heavy atom. The lowest BCUT2D eigenvalue weighted by Gasteiger charge is -2.14. The van der Waals surface area contributed by atoms with Gasteiger partial charge in [-0.1, -0.05) is 32.6 Å². The molecule has 30 heavy (non-hydrogen) atoms. The fourth-order valence-corrected chi connectivity index (χ4v) is 2.64. The Kier molecular flexibility index (Phi) is 21.5. The van der Waals surface area contributed by atoms with E-state index < -0.39 is 12.0 Å². The quantitative estimate of drug-likeness (QED) is 0.177. The van der Waals surface area contributed by atoms with Gasteiger partial charge in [0.05, 0.1) is 32.8 Å². The number of hydrogen-bond donors (Lipinski definition) is 4. The Labute approximate surface area is 181 Å². The summed E-state index contributed by atoms with van der Waals surface area (Å²) in [5.74, 6) is -1.26. The normalized spacial score (nSPS) is 12.1. The first kappa shape index (κ1) is 28.7. The maximum atomic E-state index is 11.9. The van der Waals surface area contributed by atoms with Crippen molar-refractivity contribution in [3.05, 3.63) is 0 Å². The van der Waals surface area contributed by atoms with Crippen LogP contribution in [0.1, 0.15) is 58.3 Å². The number of rotatable bonds is 23. The Balaban J connectivity index is 3.55. The standard InChI is InChI=1S/C21H43N3O6/c1-2-3-4-5-6-10-23-19(21(26)27)18-20(25)24-11-8-13-29-15-17-30-16-14-28-12-7-9-22/h19,23H,2-18,22H2,1H3,(H,24,25)(H,26,27). The summed E-state index contributed by atoms with van der Waals surface area (Å²) in [5.41, 5.74) is 5.37. The number of unbranched alkanes of at least 4 members (excludes halogenated alkanes) is 4. The van der Waals surface area contributed by atoms with Crippen LogP contribution in [-0.2, 0) is 23.8 Å². The summed E-state index contributed by atoms with van der Waals surface area (Å²) in [6.07, 6.45) is 6.99. The molecule has 0 aromatic carbocycles. The second kappa shape index (κ2) is 22.4. The van der Waals surface area contributed by atoms with Crippen LogP contribution in [0.4, 0.5) is 0 Å². The molecule has 0 saturated carbocycles. The summed E-state index contributed by atoms with van der Waals surface area (Å²) in [4.78, 5) is 23.2. The monoisotopic (exact) mass is 433 g/mol. The number of amides is 1. The molecule has 0 saturated heterocycles. The van der Waals surface area contributed by atoms with Gasteiger partial charge < -0.3 is 35.7 Å². The molecule has 0 aliphatic carbocycles. The van der Waals surface area contributed by atoms with Crippen LogP contribution in [0.25, 0.3) is 0 Å². The Morgan fingerprint density at radius 1 is 0.833 bits per heavy atom. The van der Waals surface area contributed by atoms with Gasteiger partial charge in [-0.15, -0.1) is 0 Å². The molecular weight excluding hydrogens is 390 g/mol. The van der Waals surface area contributed by atoms with Gasteiger partial charge in [-0.3, -0.25) is 9.59 Å². The molecule has 1 atom stereocenters. The molecule has 0 aromatic heterocycles. The van der Waals surface area contributed by atoms with E-state index in [-0.39, 0.29) is 12.3 Å². The van der Waals surface area contributed by atoms with Gasteiger partial charge in [0, 0.05) is 19.8 Å². The van der Waals surface area contributed by atoms with E-state index >= 15 is 0 Å². The third-order valence-corrected chi connectivity index (χ3v) is 4.38. The van der Waals surface area contributed by atoms with E-state index in [0.717, 1.165) is 25.7 Å². The van der Waals surface area contributed by atoms with Crippen LogP contribution in [0.2, 0.25) is 0 Å². The van der Waals surface area contributed by atoms with Crippen LogP contribution in [0.5, 0.6) is 0 Å². The van der Waals surface area contributed by atoms with Crippen molar-refractivity contribution in [1.82, 2.24) is 10.6 Å². The summed E-state index contributed by atoms with van der Waals surface area (Å²) in [6, 6.07) is -0.844. The topological polar surface area (TPSA) is 132 Å². The van der Waals surface area contributed by atoms with Gasteiger partial charge in [-0.05, 0) is 32.4 Å². The summed E-state index contributed by atoms with van der Waals surface area (Å²) < 4.78 is 16.1. The number of ether oxygens (including phenoxy) is 3. The minimum absolute atomic E-state index is 0.0632. The van der Waals surface area contributed by atoms with Crippen molar-refractivity contribution < 1.29 is 28.9 Å². The molecule has 0 aliphatic heterocycles. The van der Waals surface area contributed by atoms with E-state index in [1.165, 1.54) is 12.8 Å². The number of carbonyl (C=O) groups is 2. The van der Waals surface area contributed by atoms with Gasteiger partial charge in [0.2, 0.25) is 5.91 Å². The van der Waals surface area contributed by atoms with Crippen molar-refractivity contribution in [3.63, 3.8) is 0 Å². The zero-order chi connectivity index (χ0) is 22.3. The lowest BCUT2D eigenvalue weighted by molar-refractivity contribution is -0.141. The Morgan fingerprint density at radius 3 is 2.03 bits per heavy atom. The van der Waals surface area contributed by atoms with E-state index in [9.17, 15) is 14.7 Å². The molecule has 0 aromatic rings. The van der Waals surface area contributed by atoms with Crippen molar-refractivity contribution in [3.8, 4) is 0 Å². The van der Waals surface area contributed by atoms with Crippen molar-refractivity contribution in [1.29, 1.82) is 0 Å². The fourth-order valence-electron chi connectivity index (χ4n) is 2.64. The zero-order valence-electron chi connectivity index (χ0n) is 18.7. The van der Waals surface area contributed by atoms with Crippen LogP contribution < -0.4 is 16.4 Å². The Bertz CT molecular complexity index is 412. The van der Waals surface area contributed by atoms with E-state index in [0.29, 0.717) is 65.7 Å². The van der Waals surface area contributed by atoms with Gasteiger partial charge in [0.25, 0.3) is 0 Å². The summed E-state index contributed by atoms with van der Waals surface area (Å²) in [5, 5.41) is 15.0. The average Bonchev–Trinajstić information content (AvgIpc) is 2.72. The fraction of sp³-hybridized carbons (Fsp3) is 0.905. The lowest BCUT2D eigenvalue weighted by Crippen LogP contribution is -2.41. The molecule has 9 nitrogen and oxygen atoms in total. The molecule has 5 N–H and O–H groups in total. The highest BCUT2D eigenvalue weighted by Crippen LogP contribution is 2.02. The maximum absolute atomic E-state index is 11.9. The van der Waals surface area contributed by atoms with Gasteiger partial charge in [-0.2, -0.15) is 0 Å². The molecule has 0 rings (SSSR count). The van der Waals surface area contributed by atoms with E-state index in [1.54, 1.807) is 0 Å². The molecule has 0 fully saturated rings. The molecule has 1 unspecified atom stereocenters. The minimum atomic E-state index is -0.994. The highest BCUT2D eigenvalue weighted by atomic mass is 16.5. The average molecular weight is 434 g/mol. The number of nitrogens with two attached hydrogens (primary N) is 1. The largest absolute Gasteiger partial charge is 0.480 e. The maximum Gasteiger partial charge on any atom is 0.321 e. The molecule has 0 spiro atoms. The molecular formula is C21H43N3O6. The third-order valence-electron chi connectivity index (χ3n) is 4.38. The number of hydrogen-bond acceptors (Lipinski definition) is 7. The Hall–Kier alpha value is -1.26. The van der Waals surface area contributed by atoms with E-state index in [1.807, 2.05) is 0 Å². The van der Waals surface area contributed by atoms with Gasteiger partial charge in [0.1, 0.15) is 6.04 Å². The molecule has 0 aliphatic rings. The highest BCUT2D eigenvalue weighted by Gasteiger charge is 2.20. The smallest absolute Gasteiger partial charge is 0.321 e. The van der Waals surface area contributed by atoms with Crippen molar-refractivity contribution in [2.45, 2.75) is 64.3 Å². The molecule has 0 bridgehead atoms. The van der Waals surface area contributed by atoms with Crippen LogP contribution in [0.15, 0.2) is 0 Å². The number of carboxylic acids is 1. The van der Waals surface area contributed by atoms with Gasteiger partial charge in [-0.25, -0.2) is 0 Å². The second-order valence-electron chi connectivity index (χ2n) is 7.15. The summed E-state index contributed by atoms with van der Waals surface area (Å²) >= 11 is 0. The molecule has 0 radical (unpaired) electrons. The molecule has 178 valence electrons. The van der Waals surface area contributed by atoms with E-state index in [4.69, 9.17) is 19.9 Å². The van der Waals surface area contributed by atoms with Gasteiger partial charge in [0.15, 0.2) is 0 Å². The number of nitrogens with one attached hydrogen (secondary N) is 2. The second-order valence-corrected chi connectivity index (χ2v) is 7.15. The van der Waals surface area contributed by atoms with E-state index in [2.05, 4.69) is 17.6 Å². The van der Waals surface area contributed by atoms with Gasteiger partial charge >= 0.3 is 5.97 Å². The highest BCUT2D eigenvalue weighted by molar-refractivity contribution is 5.84. The van der Waals surface area contributed by atoms with Crippen LogP contribution in [0.3, 0.4) is 0 Å². The first-order chi connectivity index (χ1) is 14.6. The van der Waals surface area contributed by atoms with Crippen LogP contribution in [0, 0.1) is 0 Å². The van der Waals surface area contributed by atoms with Crippen LogP contribution >= 0.6 is 0 Å². The summed E-state index contributed by atoms with van der Waals surface area (Å²) in [7, 11) is 0. The van der Waals surface area contributed by atoms with Crippen molar-refractivity contribution >= 4 is 11.9 Å². The first-order valence-corrected chi connectivity index (χ1v) is 11.3. The lowest BCUT2D eigenvalue weighted by atomic mass is 10.1. The minimum Gasteiger partial charge on any atom is -0.480 e. The third kappa shape index (κ3) is 20.0.